The number of phosphoric acid groups is 1. The van der Waals surface area contributed by atoms with Gasteiger partial charge in [-0.25, -0.2) is 4.57 Å². The van der Waals surface area contributed by atoms with Gasteiger partial charge in [-0.05, 0) is 12.8 Å². The normalized spacial score (nSPS) is 13.5. The van der Waals surface area contributed by atoms with E-state index in [1.54, 1.807) is 0 Å². The maximum absolute atomic E-state index is 12.4. The number of carbonyl (C=O) groups excluding carboxylic acids is 2. The number of phosphoric ester groups is 1. The summed E-state index contributed by atoms with van der Waals surface area (Å²) in [5.41, 5.74) is 0. The lowest BCUT2D eigenvalue weighted by atomic mass is 10.0. The first-order valence-electron chi connectivity index (χ1n) is 17.7. The van der Waals surface area contributed by atoms with Gasteiger partial charge in [0.1, 0.15) is 6.61 Å². The van der Waals surface area contributed by atoms with Crippen LogP contribution in [0.25, 0.3) is 0 Å². The van der Waals surface area contributed by atoms with Crippen LogP contribution in [0.4, 0.5) is 0 Å². The molecule has 0 saturated carbocycles. The van der Waals surface area contributed by atoms with Gasteiger partial charge < -0.3 is 14.4 Å². The molecule has 0 amide bonds. The summed E-state index contributed by atoms with van der Waals surface area (Å²) in [6.07, 6.45) is 28.6. The molecule has 0 aromatic rings. The molecule has 2 unspecified atom stereocenters. The van der Waals surface area contributed by atoms with Crippen molar-refractivity contribution < 1.29 is 37.6 Å². The molecular weight excluding hydrogens is 567 g/mol. The molecule has 0 spiro atoms. The summed E-state index contributed by atoms with van der Waals surface area (Å²) < 4.78 is 31.8. The minimum absolute atomic E-state index is 0.217. The number of rotatable bonds is 33. The molecular formula is C34H67O8P. The Morgan fingerprint density at radius 1 is 0.558 bits per heavy atom. The highest BCUT2D eigenvalue weighted by molar-refractivity contribution is 7.47. The number of hydrogen-bond donors (Lipinski definition) is 1. The van der Waals surface area contributed by atoms with E-state index in [9.17, 15) is 19.0 Å². The maximum Gasteiger partial charge on any atom is 0.472 e. The van der Waals surface area contributed by atoms with Gasteiger partial charge in [-0.1, -0.05) is 155 Å². The summed E-state index contributed by atoms with van der Waals surface area (Å²) in [7, 11) is -3.18. The van der Waals surface area contributed by atoms with Crippen LogP contribution in [-0.4, -0.2) is 43.3 Å². The van der Waals surface area contributed by atoms with Crippen molar-refractivity contribution in [3.63, 3.8) is 0 Å². The molecule has 0 aliphatic heterocycles. The summed E-state index contributed by atoms with van der Waals surface area (Å²) in [5.74, 6) is -0.795. The third-order valence-electron chi connectivity index (χ3n) is 7.85. The Morgan fingerprint density at radius 2 is 0.907 bits per heavy atom. The van der Waals surface area contributed by atoms with Crippen molar-refractivity contribution in [1.82, 2.24) is 0 Å². The number of esters is 2. The number of hydrogen-bond acceptors (Lipinski definition) is 7. The molecule has 43 heavy (non-hydrogen) atoms. The Kier molecular flexibility index (Phi) is 30.4. The number of carbonyl (C=O) groups is 2. The maximum atomic E-state index is 12.4. The minimum atomic E-state index is -4.24. The first-order valence-corrected chi connectivity index (χ1v) is 19.2. The van der Waals surface area contributed by atoms with Gasteiger partial charge in [0, 0.05) is 20.0 Å². The Hall–Kier alpha value is -0.950. The van der Waals surface area contributed by atoms with Gasteiger partial charge in [-0.3, -0.25) is 18.6 Å². The van der Waals surface area contributed by atoms with Crippen LogP contribution in [0.5, 0.6) is 0 Å². The van der Waals surface area contributed by atoms with Crippen LogP contribution in [0.1, 0.15) is 181 Å². The fraction of sp³-hybridized carbons (Fsp3) is 0.941. The minimum Gasteiger partial charge on any atom is -0.462 e. The second-order valence-electron chi connectivity index (χ2n) is 12.0. The Labute approximate surface area is 264 Å². The van der Waals surface area contributed by atoms with Gasteiger partial charge in [0.05, 0.1) is 6.61 Å². The number of ether oxygens (including phenoxy) is 2. The zero-order valence-corrected chi connectivity index (χ0v) is 29.0. The van der Waals surface area contributed by atoms with Crippen LogP contribution >= 0.6 is 7.82 Å². The van der Waals surface area contributed by atoms with Crippen molar-refractivity contribution in [1.29, 1.82) is 0 Å². The molecule has 8 nitrogen and oxygen atoms in total. The van der Waals surface area contributed by atoms with Gasteiger partial charge in [-0.2, -0.15) is 0 Å². The SMILES string of the molecule is CCCCCCCCCCCCCCC(=O)OCC(COP(=O)(O)OC)OC(=O)CCCCCCCCCCCCCC. The average Bonchev–Trinajstić information content (AvgIpc) is 2.99. The van der Waals surface area contributed by atoms with Crippen molar-refractivity contribution in [2.75, 3.05) is 20.3 Å². The van der Waals surface area contributed by atoms with Crippen molar-refractivity contribution in [3.05, 3.63) is 0 Å². The van der Waals surface area contributed by atoms with Gasteiger partial charge in [0.25, 0.3) is 0 Å². The van der Waals surface area contributed by atoms with E-state index in [0.717, 1.165) is 45.6 Å². The zero-order chi connectivity index (χ0) is 31.9. The summed E-state index contributed by atoms with van der Waals surface area (Å²) in [5, 5.41) is 0. The van der Waals surface area contributed by atoms with E-state index in [1.807, 2.05) is 0 Å². The van der Waals surface area contributed by atoms with Gasteiger partial charge in [-0.15, -0.1) is 0 Å². The predicted octanol–water partition coefficient (Wildman–Crippen LogP) is 10.4. The molecule has 0 rings (SSSR count). The Morgan fingerprint density at radius 3 is 1.28 bits per heavy atom. The topological polar surface area (TPSA) is 108 Å². The fourth-order valence-electron chi connectivity index (χ4n) is 5.07. The molecule has 9 heteroatoms. The Bertz CT molecular complexity index is 687. The standard InChI is InChI=1S/C34H67O8P/c1-4-6-8-10-12-14-16-18-20-22-24-26-28-33(35)40-30-32(31-41-43(37,38)39-3)42-34(36)29-27-25-23-21-19-17-15-13-11-9-7-5-2/h32H,4-31H2,1-3H3,(H,37,38). The quantitative estimate of drug-likeness (QED) is 0.0431. The highest BCUT2D eigenvalue weighted by atomic mass is 31.2. The number of unbranched alkanes of at least 4 members (excludes halogenated alkanes) is 22. The zero-order valence-electron chi connectivity index (χ0n) is 28.1. The van der Waals surface area contributed by atoms with Crippen molar-refractivity contribution in [3.8, 4) is 0 Å². The molecule has 0 fully saturated rings. The lowest BCUT2D eigenvalue weighted by Gasteiger charge is -2.19. The summed E-state index contributed by atoms with van der Waals surface area (Å²) in [6.45, 7) is 3.87. The molecule has 256 valence electrons. The van der Waals surface area contributed by atoms with Crippen molar-refractivity contribution >= 4 is 19.8 Å². The first kappa shape index (κ1) is 42.0. The largest absolute Gasteiger partial charge is 0.472 e. The van der Waals surface area contributed by atoms with Crippen LogP contribution in [0, 0.1) is 0 Å². The smallest absolute Gasteiger partial charge is 0.462 e. The molecule has 0 aliphatic rings. The van der Waals surface area contributed by atoms with Crippen LogP contribution in [0.2, 0.25) is 0 Å². The molecule has 0 saturated heterocycles. The molecule has 0 radical (unpaired) electrons. The van der Waals surface area contributed by atoms with E-state index < -0.39 is 26.5 Å². The lowest BCUT2D eigenvalue weighted by molar-refractivity contribution is -0.161. The van der Waals surface area contributed by atoms with Crippen LogP contribution in [0.15, 0.2) is 0 Å². The third-order valence-corrected chi connectivity index (χ3v) is 8.79. The van der Waals surface area contributed by atoms with E-state index in [0.29, 0.717) is 6.42 Å². The van der Waals surface area contributed by atoms with Gasteiger partial charge in [0.15, 0.2) is 6.10 Å². The molecule has 2 atom stereocenters. The van der Waals surface area contributed by atoms with Gasteiger partial charge >= 0.3 is 19.8 Å². The van der Waals surface area contributed by atoms with Crippen molar-refractivity contribution in [2.24, 2.45) is 0 Å². The fourth-order valence-corrected chi connectivity index (χ4v) is 5.53. The van der Waals surface area contributed by atoms with E-state index in [-0.39, 0.29) is 19.0 Å². The first-order chi connectivity index (χ1) is 20.8. The Balaban J connectivity index is 4.07. The van der Waals surface area contributed by atoms with Crippen LogP contribution in [0.3, 0.4) is 0 Å². The second kappa shape index (κ2) is 31.0. The summed E-state index contributed by atoms with van der Waals surface area (Å²) in [6, 6.07) is 0. The van der Waals surface area contributed by atoms with Gasteiger partial charge in [0.2, 0.25) is 0 Å². The van der Waals surface area contributed by atoms with E-state index in [4.69, 9.17) is 14.0 Å². The molecule has 1 N–H and O–H groups in total. The van der Waals surface area contributed by atoms with Crippen molar-refractivity contribution in [2.45, 2.75) is 187 Å². The average molecular weight is 635 g/mol. The summed E-state index contributed by atoms with van der Waals surface area (Å²) >= 11 is 0. The third kappa shape index (κ3) is 30.8. The molecule has 0 bridgehead atoms. The van der Waals surface area contributed by atoms with E-state index in [2.05, 4.69) is 18.4 Å². The second-order valence-corrected chi connectivity index (χ2v) is 13.6. The molecule has 0 heterocycles. The van der Waals surface area contributed by atoms with Crippen LogP contribution in [-0.2, 0) is 32.7 Å². The highest BCUT2D eigenvalue weighted by Gasteiger charge is 2.24. The van der Waals surface area contributed by atoms with E-state index >= 15 is 0 Å². The lowest BCUT2D eigenvalue weighted by Crippen LogP contribution is -2.29. The molecule has 0 aromatic carbocycles. The monoisotopic (exact) mass is 634 g/mol. The molecule has 0 aromatic heterocycles. The van der Waals surface area contributed by atoms with E-state index in [1.165, 1.54) is 116 Å². The highest BCUT2D eigenvalue weighted by Crippen LogP contribution is 2.42. The summed E-state index contributed by atoms with van der Waals surface area (Å²) in [4.78, 5) is 34.2. The predicted molar refractivity (Wildman–Crippen MR) is 175 cm³/mol. The van der Waals surface area contributed by atoms with Crippen LogP contribution < -0.4 is 0 Å². The molecule has 0 aliphatic carbocycles.